The second-order valence-corrected chi connectivity index (χ2v) is 5.20. The van der Waals surface area contributed by atoms with Crippen molar-refractivity contribution in [1.29, 1.82) is 0 Å². The molecule has 0 aliphatic heterocycles. The number of carbonyl (C=O) groups excluding carboxylic acids is 1. The van der Waals surface area contributed by atoms with Crippen LogP contribution in [0, 0.1) is 0 Å². The van der Waals surface area contributed by atoms with Crippen LogP contribution in [0.2, 0.25) is 0 Å². The Kier molecular flexibility index (Phi) is 5.11. The quantitative estimate of drug-likeness (QED) is 0.691. The van der Waals surface area contributed by atoms with Gasteiger partial charge in [0.15, 0.2) is 0 Å². The predicted octanol–water partition coefficient (Wildman–Crippen LogP) is 0.272. The number of hydrogen-bond acceptors (Lipinski definition) is 4. The van der Waals surface area contributed by atoms with Crippen LogP contribution >= 0.6 is 0 Å². The number of nitrogens with two attached hydrogens (primary N) is 1. The first-order chi connectivity index (χ1) is 8.45. The smallest absolute Gasteiger partial charge is 0.240 e. The zero-order valence-electron chi connectivity index (χ0n) is 10.1. The largest absolute Gasteiger partial charge is 0.383 e. The van der Waals surface area contributed by atoms with E-state index in [9.17, 15) is 13.2 Å². The first-order valence-corrected chi connectivity index (χ1v) is 7.12. The summed E-state index contributed by atoms with van der Waals surface area (Å²) in [7, 11) is -3.76. The van der Waals surface area contributed by atoms with Crippen LogP contribution in [0.3, 0.4) is 0 Å². The summed E-state index contributed by atoms with van der Waals surface area (Å²) in [6.45, 7) is 2.76. The van der Waals surface area contributed by atoms with Gasteiger partial charge in [-0.2, -0.15) is 0 Å². The number of primary sulfonamides is 1. The maximum atomic E-state index is 11.3. The van der Waals surface area contributed by atoms with Crippen LogP contribution in [0.4, 0.5) is 5.69 Å². The van der Waals surface area contributed by atoms with Crippen molar-refractivity contribution in [1.82, 2.24) is 5.32 Å². The van der Waals surface area contributed by atoms with Gasteiger partial charge in [-0.15, -0.1) is 0 Å². The van der Waals surface area contributed by atoms with Gasteiger partial charge in [0, 0.05) is 19.5 Å². The third-order valence-corrected chi connectivity index (χ3v) is 3.20. The molecule has 1 aromatic carbocycles. The Morgan fingerprint density at radius 2 is 2.00 bits per heavy atom. The number of nitrogens with one attached hydrogen (secondary N) is 2. The zero-order valence-corrected chi connectivity index (χ0v) is 11.0. The van der Waals surface area contributed by atoms with E-state index in [1.165, 1.54) is 6.07 Å². The fourth-order valence-electron chi connectivity index (χ4n) is 1.46. The van der Waals surface area contributed by atoms with Gasteiger partial charge in [-0.25, -0.2) is 13.6 Å². The average molecular weight is 271 g/mol. The molecule has 6 nitrogen and oxygen atoms in total. The molecule has 0 saturated carbocycles. The van der Waals surface area contributed by atoms with Gasteiger partial charge in [-0.3, -0.25) is 4.79 Å². The molecular weight excluding hydrogens is 254 g/mol. The van der Waals surface area contributed by atoms with Crippen LogP contribution < -0.4 is 15.8 Å². The molecule has 0 aliphatic carbocycles. The van der Waals surface area contributed by atoms with Crippen molar-refractivity contribution >= 4 is 21.6 Å². The molecule has 1 rings (SSSR count). The van der Waals surface area contributed by atoms with Crippen molar-refractivity contribution in [3.63, 3.8) is 0 Å². The maximum absolute atomic E-state index is 11.3. The second-order valence-electron chi connectivity index (χ2n) is 3.67. The fraction of sp³-hybridized carbons (Fsp3) is 0.364. The Hall–Kier alpha value is -1.60. The van der Waals surface area contributed by atoms with E-state index in [4.69, 9.17) is 5.14 Å². The van der Waals surface area contributed by atoms with Crippen LogP contribution in [0.5, 0.6) is 0 Å². The third kappa shape index (κ3) is 4.34. The van der Waals surface area contributed by atoms with E-state index in [0.717, 1.165) is 0 Å². The molecule has 0 saturated heterocycles. The Morgan fingerprint density at radius 3 is 2.61 bits per heavy atom. The van der Waals surface area contributed by atoms with E-state index in [-0.39, 0.29) is 17.2 Å². The van der Waals surface area contributed by atoms with Crippen molar-refractivity contribution in [3.05, 3.63) is 24.3 Å². The molecule has 0 heterocycles. The van der Waals surface area contributed by atoms with Gasteiger partial charge in [0.05, 0.1) is 5.69 Å². The number of rotatable bonds is 6. The molecule has 0 atom stereocenters. The van der Waals surface area contributed by atoms with Gasteiger partial charge in [0.1, 0.15) is 4.90 Å². The van der Waals surface area contributed by atoms with E-state index >= 15 is 0 Å². The molecule has 100 valence electrons. The number of hydrogen-bond donors (Lipinski definition) is 3. The van der Waals surface area contributed by atoms with Gasteiger partial charge in [0.25, 0.3) is 0 Å². The third-order valence-electron chi connectivity index (χ3n) is 2.24. The second kappa shape index (κ2) is 6.36. The lowest BCUT2D eigenvalue weighted by atomic mass is 10.3. The number of sulfonamides is 1. The van der Waals surface area contributed by atoms with Gasteiger partial charge in [-0.1, -0.05) is 12.1 Å². The summed E-state index contributed by atoms with van der Waals surface area (Å²) >= 11 is 0. The minimum absolute atomic E-state index is 0.0286. The number of benzene rings is 1. The monoisotopic (exact) mass is 271 g/mol. The van der Waals surface area contributed by atoms with Crippen LogP contribution in [-0.4, -0.2) is 27.4 Å². The van der Waals surface area contributed by atoms with Crippen molar-refractivity contribution in [3.8, 4) is 0 Å². The highest BCUT2D eigenvalue weighted by molar-refractivity contribution is 7.89. The van der Waals surface area contributed by atoms with E-state index in [2.05, 4.69) is 10.6 Å². The topological polar surface area (TPSA) is 101 Å². The van der Waals surface area contributed by atoms with Gasteiger partial charge < -0.3 is 10.6 Å². The summed E-state index contributed by atoms with van der Waals surface area (Å²) < 4.78 is 22.6. The number of para-hydroxylation sites is 1. The molecule has 0 aromatic heterocycles. The molecule has 1 amide bonds. The molecule has 0 aliphatic rings. The molecule has 7 heteroatoms. The van der Waals surface area contributed by atoms with Gasteiger partial charge in [-0.05, 0) is 19.1 Å². The fourth-order valence-corrected chi connectivity index (χ4v) is 2.17. The van der Waals surface area contributed by atoms with Crippen LogP contribution in [-0.2, 0) is 14.8 Å². The van der Waals surface area contributed by atoms with Crippen molar-refractivity contribution in [2.24, 2.45) is 5.14 Å². The molecular formula is C11H17N3O3S. The summed E-state index contributed by atoms with van der Waals surface area (Å²) in [5.74, 6) is -0.0851. The lowest BCUT2D eigenvalue weighted by Gasteiger charge is -2.10. The minimum Gasteiger partial charge on any atom is -0.383 e. The highest BCUT2D eigenvalue weighted by Gasteiger charge is 2.12. The lowest BCUT2D eigenvalue weighted by Crippen LogP contribution is -2.25. The van der Waals surface area contributed by atoms with E-state index in [1.54, 1.807) is 18.2 Å². The Morgan fingerprint density at radius 1 is 1.33 bits per heavy atom. The molecule has 0 spiro atoms. The Balaban J connectivity index is 2.66. The van der Waals surface area contributed by atoms with E-state index in [1.807, 2.05) is 6.92 Å². The normalized spacial score (nSPS) is 11.0. The summed E-state index contributed by atoms with van der Waals surface area (Å²) in [6.07, 6.45) is 0.271. The molecule has 0 unspecified atom stereocenters. The van der Waals surface area contributed by atoms with Crippen LogP contribution in [0.25, 0.3) is 0 Å². The molecule has 0 bridgehead atoms. The number of amides is 1. The summed E-state index contributed by atoms with van der Waals surface area (Å²) in [5, 5.41) is 10.6. The molecule has 0 fully saturated rings. The lowest BCUT2D eigenvalue weighted by molar-refractivity contribution is -0.120. The van der Waals surface area contributed by atoms with Crippen LogP contribution in [0.1, 0.15) is 13.3 Å². The molecule has 4 N–H and O–H groups in total. The Labute approximate surface area is 107 Å². The first kappa shape index (κ1) is 14.5. The van der Waals surface area contributed by atoms with E-state index in [0.29, 0.717) is 18.8 Å². The number of anilines is 1. The molecule has 0 radical (unpaired) electrons. The molecule has 18 heavy (non-hydrogen) atoms. The summed E-state index contributed by atoms with van der Waals surface area (Å²) in [4.78, 5) is 11.2. The van der Waals surface area contributed by atoms with E-state index < -0.39 is 10.0 Å². The SMILES string of the molecule is CCNC(=O)CCNc1ccccc1S(N)(=O)=O. The highest BCUT2D eigenvalue weighted by Crippen LogP contribution is 2.18. The standard InChI is InChI=1S/C11H17N3O3S/c1-2-13-11(15)7-8-14-9-5-3-4-6-10(9)18(12,16)17/h3-6,14H,2,7-8H2,1H3,(H,13,15)(H2,12,16,17). The minimum atomic E-state index is -3.76. The number of carbonyl (C=O) groups is 1. The maximum Gasteiger partial charge on any atom is 0.240 e. The highest BCUT2D eigenvalue weighted by atomic mass is 32.2. The average Bonchev–Trinajstić information content (AvgIpc) is 2.28. The summed E-state index contributed by atoms with van der Waals surface area (Å²) in [6, 6.07) is 6.32. The van der Waals surface area contributed by atoms with Crippen LogP contribution in [0.15, 0.2) is 29.2 Å². The van der Waals surface area contributed by atoms with Crippen molar-refractivity contribution < 1.29 is 13.2 Å². The van der Waals surface area contributed by atoms with Crippen molar-refractivity contribution in [2.75, 3.05) is 18.4 Å². The Bertz CT molecular complexity index is 514. The predicted molar refractivity (Wildman–Crippen MR) is 69.6 cm³/mol. The molecule has 1 aromatic rings. The van der Waals surface area contributed by atoms with Crippen molar-refractivity contribution in [2.45, 2.75) is 18.2 Å². The first-order valence-electron chi connectivity index (χ1n) is 5.57. The van der Waals surface area contributed by atoms with Gasteiger partial charge in [0.2, 0.25) is 15.9 Å². The van der Waals surface area contributed by atoms with Gasteiger partial charge >= 0.3 is 0 Å². The summed E-state index contributed by atoms with van der Waals surface area (Å²) in [5.41, 5.74) is 0.407. The zero-order chi connectivity index (χ0) is 13.6.